The number of nitro groups is 1. The van der Waals surface area contributed by atoms with Crippen LogP contribution in [0.15, 0.2) is 41.5 Å². The minimum Gasteiger partial charge on any atom is -0.497 e. The molecule has 0 saturated carbocycles. The second kappa shape index (κ2) is 10.2. The maximum atomic E-state index is 12.3. The Morgan fingerprint density at radius 2 is 1.90 bits per heavy atom. The summed E-state index contributed by atoms with van der Waals surface area (Å²) in [7, 11) is 2.98. The van der Waals surface area contributed by atoms with Gasteiger partial charge in [-0.2, -0.15) is 5.10 Å². The zero-order valence-electron chi connectivity index (χ0n) is 16.4. The SMILES string of the molecule is COc1ccc(OC)c(NC(=O)C/C(C)=N\NC(=O)c2ccc([N+](=O)[O-])cc2Cl)c1. The fourth-order valence-corrected chi connectivity index (χ4v) is 2.65. The van der Waals surface area contributed by atoms with Crippen molar-refractivity contribution >= 4 is 40.5 Å². The summed E-state index contributed by atoms with van der Waals surface area (Å²) < 4.78 is 10.3. The Labute approximate surface area is 177 Å². The van der Waals surface area contributed by atoms with E-state index in [0.717, 1.165) is 12.1 Å². The molecule has 0 aliphatic rings. The summed E-state index contributed by atoms with van der Waals surface area (Å²) in [6, 6.07) is 8.42. The maximum Gasteiger partial charge on any atom is 0.272 e. The summed E-state index contributed by atoms with van der Waals surface area (Å²) >= 11 is 5.91. The number of carbonyl (C=O) groups is 2. The molecule has 2 aromatic carbocycles. The molecular formula is C19H19ClN4O6. The van der Waals surface area contributed by atoms with E-state index in [0.29, 0.717) is 22.9 Å². The van der Waals surface area contributed by atoms with Crippen LogP contribution < -0.4 is 20.2 Å². The number of rotatable bonds is 8. The van der Waals surface area contributed by atoms with Crippen LogP contribution in [0.5, 0.6) is 11.5 Å². The van der Waals surface area contributed by atoms with E-state index in [1.807, 2.05) is 0 Å². The lowest BCUT2D eigenvalue weighted by molar-refractivity contribution is -0.384. The van der Waals surface area contributed by atoms with E-state index < -0.39 is 10.8 Å². The van der Waals surface area contributed by atoms with Crippen LogP contribution in [0, 0.1) is 10.1 Å². The monoisotopic (exact) mass is 434 g/mol. The second-order valence-corrected chi connectivity index (χ2v) is 6.41. The topological polar surface area (TPSA) is 132 Å². The third-order valence-corrected chi connectivity index (χ3v) is 4.17. The lowest BCUT2D eigenvalue weighted by atomic mass is 10.2. The summed E-state index contributed by atoms with van der Waals surface area (Å²) in [6.45, 7) is 1.56. The minimum absolute atomic E-state index is 0.0179. The standard InChI is InChI=1S/C19H19ClN4O6/c1-11(8-18(25)21-16-10-13(29-2)5-7-17(16)30-3)22-23-19(26)14-6-4-12(24(27)28)9-15(14)20/h4-7,9-10H,8H2,1-3H3,(H,21,25)(H,23,26)/b22-11-. The number of halogens is 1. The Hall–Kier alpha value is -3.66. The molecule has 2 N–H and O–H groups in total. The molecule has 30 heavy (non-hydrogen) atoms. The summed E-state index contributed by atoms with van der Waals surface area (Å²) in [5.41, 5.74) is 2.80. The van der Waals surface area contributed by atoms with Gasteiger partial charge in [0.1, 0.15) is 11.5 Å². The van der Waals surface area contributed by atoms with Gasteiger partial charge in [0.15, 0.2) is 0 Å². The Bertz CT molecular complexity index is 1010. The Balaban J connectivity index is 2.01. The lowest BCUT2D eigenvalue weighted by Crippen LogP contribution is -2.22. The number of benzene rings is 2. The van der Waals surface area contributed by atoms with Crippen molar-refractivity contribution in [1.82, 2.24) is 5.43 Å². The predicted octanol–water partition coefficient (Wildman–Crippen LogP) is 3.40. The van der Waals surface area contributed by atoms with E-state index in [2.05, 4.69) is 15.8 Å². The van der Waals surface area contributed by atoms with Crippen molar-refractivity contribution in [1.29, 1.82) is 0 Å². The molecule has 0 bridgehead atoms. The van der Waals surface area contributed by atoms with Gasteiger partial charge in [-0.25, -0.2) is 5.43 Å². The zero-order valence-corrected chi connectivity index (χ0v) is 17.1. The first-order chi connectivity index (χ1) is 14.2. The first-order valence-electron chi connectivity index (χ1n) is 8.54. The second-order valence-electron chi connectivity index (χ2n) is 6.00. The van der Waals surface area contributed by atoms with E-state index in [9.17, 15) is 19.7 Å². The normalized spacial score (nSPS) is 10.9. The molecule has 2 aromatic rings. The Morgan fingerprint density at radius 3 is 2.50 bits per heavy atom. The summed E-state index contributed by atoms with van der Waals surface area (Å²) in [4.78, 5) is 34.6. The van der Waals surface area contributed by atoms with Crippen molar-refractivity contribution in [3.8, 4) is 11.5 Å². The Morgan fingerprint density at radius 1 is 1.17 bits per heavy atom. The lowest BCUT2D eigenvalue weighted by Gasteiger charge is -2.11. The number of nitrogens with zero attached hydrogens (tertiary/aromatic N) is 2. The number of non-ortho nitro benzene ring substituents is 1. The molecule has 0 aromatic heterocycles. The largest absolute Gasteiger partial charge is 0.497 e. The quantitative estimate of drug-likeness (QED) is 0.371. The van der Waals surface area contributed by atoms with Crippen molar-refractivity contribution in [3.63, 3.8) is 0 Å². The molecule has 0 fully saturated rings. The number of anilines is 1. The Kier molecular flexibility index (Phi) is 7.70. The molecule has 2 amide bonds. The highest BCUT2D eigenvalue weighted by molar-refractivity contribution is 6.34. The smallest absolute Gasteiger partial charge is 0.272 e. The highest BCUT2D eigenvalue weighted by Gasteiger charge is 2.15. The van der Waals surface area contributed by atoms with Gasteiger partial charge >= 0.3 is 0 Å². The van der Waals surface area contributed by atoms with Gasteiger partial charge in [-0.3, -0.25) is 19.7 Å². The van der Waals surface area contributed by atoms with Gasteiger partial charge in [0, 0.05) is 23.9 Å². The average Bonchev–Trinajstić information content (AvgIpc) is 2.71. The third-order valence-electron chi connectivity index (χ3n) is 3.85. The number of hydrazone groups is 1. The number of ether oxygens (including phenoxy) is 2. The van der Waals surface area contributed by atoms with Crippen LogP contribution >= 0.6 is 11.6 Å². The number of amides is 2. The number of hydrogen-bond acceptors (Lipinski definition) is 7. The predicted molar refractivity (Wildman–Crippen MR) is 111 cm³/mol. The molecule has 0 radical (unpaired) electrons. The van der Waals surface area contributed by atoms with Crippen LogP contribution in [0.3, 0.4) is 0 Å². The van der Waals surface area contributed by atoms with Crippen molar-refractivity contribution in [2.75, 3.05) is 19.5 Å². The fraction of sp³-hybridized carbons (Fsp3) is 0.211. The molecule has 0 heterocycles. The summed E-state index contributed by atoms with van der Waals surface area (Å²) in [5.74, 6) is -0.0434. The zero-order chi connectivity index (χ0) is 22.3. The first-order valence-corrected chi connectivity index (χ1v) is 8.92. The highest BCUT2D eigenvalue weighted by atomic mass is 35.5. The number of carbonyl (C=O) groups excluding carboxylic acids is 2. The van der Waals surface area contributed by atoms with Crippen LogP contribution in [0.25, 0.3) is 0 Å². The molecule has 0 saturated heterocycles. The first kappa shape index (κ1) is 22.6. The number of methoxy groups -OCH3 is 2. The minimum atomic E-state index is -0.663. The molecule has 158 valence electrons. The van der Waals surface area contributed by atoms with E-state index in [1.54, 1.807) is 25.1 Å². The number of hydrogen-bond donors (Lipinski definition) is 2. The fourth-order valence-electron chi connectivity index (χ4n) is 2.39. The van der Waals surface area contributed by atoms with Crippen molar-refractivity contribution < 1.29 is 24.0 Å². The van der Waals surface area contributed by atoms with Gasteiger partial charge in [0.05, 0.1) is 41.8 Å². The van der Waals surface area contributed by atoms with E-state index >= 15 is 0 Å². The third kappa shape index (κ3) is 5.92. The molecule has 11 heteroatoms. The van der Waals surface area contributed by atoms with Gasteiger partial charge in [0.25, 0.3) is 11.6 Å². The summed E-state index contributed by atoms with van der Waals surface area (Å²) in [6.07, 6.45) is -0.103. The van der Waals surface area contributed by atoms with Crippen molar-refractivity contribution in [2.45, 2.75) is 13.3 Å². The molecule has 10 nitrogen and oxygen atoms in total. The van der Waals surface area contributed by atoms with Crippen LogP contribution in [-0.4, -0.2) is 36.7 Å². The van der Waals surface area contributed by atoms with Gasteiger partial charge in [0.2, 0.25) is 5.91 Å². The number of nitro benzene ring substituents is 1. The molecular weight excluding hydrogens is 416 g/mol. The maximum absolute atomic E-state index is 12.3. The van der Waals surface area contributed by atoms with Crippen molar-refractivity contribution in [2.24, 2.45) is 5.10 Å². The van der Waals surface area contributed by atoms with Crippen LogP contribution in [0.4, 0.5) is 11.4 Å². The van der Waals surface area contributed by atoms with E-state index in [1.165, 1.54) is 20.3 Å². The van der Waals surface area contributed by atoms with Gasteiger partial charge < -0.3 is 14.8 Å². The highest BCUT2D eigenvalue weighted by Crippen LogP contribution is 2.29. The summed E-state index contributed by atoms with van der Waals surface area (Å²) in [5, 5.41) is 17.2. The van der Waals surface area contributed by atoms with E-state index in [-0.39, 0.29) is 28.6 Å². The van der Waals surface area contributed by atoms with Gasteiger partial charge in [-0.1, -0.05) is 11.6 Å². The van der Waals surface area contributed by atoms with E-state index in [4.69, 9.17) is 21.1 Å². The van der Waals surface area contributed by atoms with Gasteiger partial charge in [-0.05, 0) is 25.1 Å². The molecule has 0 atom stereocenters. The molecule has 0 unspecified atom stereocenters. The van der Waals surface area contributed by atoms with Crippen molar-refractivity contribution in [3.05, 3.63) is 57.1 Å². The average molecular weight is 435 g/mol. The van der Waals surface area contributed by atoms with Crippen LogP contribution in [0.1, 0.15) is 23.7 Å². The molecule has 0 aliphatic carbocycles. The van der Waals surface area contributed by atoms with Crippen LogP contribution in [0.2, 0.25) is 5.02 Å². The molecule has 0 spiro atoms. The molecule has 2 rings (SSSR count). The molecule has 0 aliphatic heterocycles. The van der Waals surface area contributed by atoms with Gasteiger partial charge in [-0.15, -0.1) is 0 Å². The number of nitrogens with one attached hydrogen (secondary N) is 2. The van der Waals surface area contributed by atoms with Crippen LogP contribution in [-0.2, 0) is 4.79 Å².